The van der Waals surface area contributed by atoms with E-state index in [0.717, 1.165) is 15.8 Å². The van der Waals surface area contributed by atoms with Crippen LogP contribution in [0.5, 0.6) is 0 Å². The highest BCUT2D eigenvalue weighted by molar-refractivity contribution is 7.89. The van der Waals surface area contributed by atoms with Crippen molar-refractivity contribution in [3.8, 4) is 0 Å². The number of amides is 1. The number of nitrogens with zero attached hydrogens (tertiary/aromatic N) is 3. The summed E-state index contributed by atoms with van der Waals surface area (Å²) in [7, 11) is -2.11. The number of aromatic nitrogens is 1. The molecule has 0 spiro atoms. The van der Waals surface area contributed by atoms with E-state index in [1.807, 2.05) is 23.6 Å². The molecule has 0 saturated heterocycles. The molecule has 0 bridgehead atoms. The van der Waals surface area contributed by atoms with E-state index in [1.54, 1.807) is 7.11 Å². The molecule has 0 fully saturated rings. The van der Waals surface area contributed by atoms with Gasteiger partial charge in [0, 0.05) is 32.3 Å². The van der Waals surface area contributed by atoms with Gasteiger partial charge in [0.15, 0.2) is 4.80 Å². The summed E-state index contributed by atoms with van der Waals surface area (Å²) in [5, 5.41) is 0. The van der Waals surface area contributed by atoms with Gasteiger partial charge in [-0.2, -0.15) is 9.30 Å². The highest BCUT2D eigenvalue weighted by atomic mass is 32.2. The number of carbonyl (C=O) groups excluding carboxylic acids is 1. The largest absolute Gasteiger partial charge is 0.383 e. The molecule has 1 heterocycles. The van der Waals surface area contributed by atoms with Crippen molar-refractivity contribution < 1.29 is 17.9 Å². The first-order valence-corrected chi connectivity index (χ1v) is 12.6. The zero-order valence-electron chi connectivity index (χ0n) is 18.7. The van der Waals surface area contributed by atoms with E-state index in [2.05, 4.69) is 24.2 Å². The molecule has 1 aromatic heterocycles. The first-order chi connectivity index (χ1) is 15.8. The van der Waals surface area contributed by atoms with Gasteiger partial charge in [-0.05, 0) is 48.9 Å². The van der Waals surface area contributed by atoms with Crippen LogP contribution in [0.25, 0.3) is 10.2 Å². The lowest BCUT2D eigenvalue weighted by Crippen LogP contribution is -2.31. The van der Waals surface area contributed by atoms with Gasteiger partial charge in [0.1, 0.15) is 0 Å². The lowest BCUT2D eigenvalue weighted by molar-refractivity contribution is 0.0997. The standard InChI is InChI=1S/C24H27N3O4S2/c1-5-13-26(14-6-2)33(29,30)20-10-8-19(9-11-20)23(28)25-24-27(15-16-31-4)21-12-7-18(3)17-22(21)32-24/h5-12,17H,1-2,13-16H2,3-4H3. The van der Waals surface area contributed by atoms with Crippen molar-refractivity contribution in [3.63, 3.8) is 0 Å². The van der Waals surface area contributed by atoms with E-state index in [1.165, 1.54) is 52.1 Å². The fourth-order valence-corrected chi connectivity index (χ4v) is 5.83. The molecule has 0 atom stereocenters. The fourth-order valence-electron chi connectivity index (χ4n) is 3.29. The van der Waals surface area contributed by atoms with Crippen LogP contribution in [0, 0.1) is 6.92 Å². The second kappa shape index (κ2) is 10.8. The Hall–Kier alpha value is -2.85. The average molecular weight is 486 g/mol. The third-order valence-corrected chi connectivity index (χ3v) is 7.85. The molecule has 0 aliphatic carbocycles. The third-order valence-electron chi connectivity index (χ3n) is 4.96. The van der Waals surface area contributed by atoms with Crippen LogP contribution in [-0.4, -0.2) is 50.0 Å². The van der Waals surface area contributed by atoms with Crippen LogP contribution in [-0.2, 0) is 21.3 Å². The molecule has 174 valence electrons. The summed E-state index contributed by atoms with van der Waals surface area (Å²) in [5.74, 6) is -0.442. The normalized spacial score (nSPS) is 12.4. The number of rotatable bonds is 10. The van der Waals surface area contributed by atoms with E-state index < -0.39 is 15.9 Å². The number of hydrogen-bond acceptors (Lipinski definition) is 5. The van der Waals surface area contributed by atoms with Gasteiger partial charge < -0.3 is 9.30 Å². The number of ether oxygens (including phenoxy) is 1. The van der Waals surface area contributed by atoms with Crippen molar-refractivity contribution >= 4 is 37.5 Å². The number of hydrogen-bond donors (Lipinski definition) is 0. The monoisotopic (exact) mass is 485 g/mol. The van der Waals surface area contributed by atoms with Gasteiger partial charge in [-0.1, -0.05) is 29.6 Å². The van der Waals surface area contributed by atoms with E-state index in [0.29, 0.717) is 23.5 Å². The fraction of sp³-hybridized carbons (Fsp3) is 0.250. The van der Waals surface area contributed by atoms with Crippen molar-refractivity contribution in [2.45, 2.75) is 18.4 Å². The minimum absolute atomic E-state index is 0.0928. The number of thiazole rings is 1. The Labute approximate surface area is 198 Å². The maximum Gasteiger partial charge on any atom is 0.279 e. The Morgan fingerprint density at radius 1 is 1.15 bits per heavy atom. The summed E-state index contributed by atoms with van der Waals surface area (Å²) in [5.41, 5.74) is 2.42. The Bertz CT molecular complexity index is 1330. The topological polar surface area (TPSA) is 81.0 Å². The number of carbonyl (C=O) groups is 1. The second-order valence-electron chi connectivity index (χ2n) is 7.34. The number of methoxy groups -OCH3 is 1. The number of fused-ring (bicyclic) bond motifs is 1. The first kappa shape index (κ1) is 24.8. The van der Waals surface area contributed by atoms with Gasteiger partial charge in [0.2, 0.25) is 10.0 Å². The SMILES string of the molecule is C=CCN(CC=C)S(=O)(=O)c1ccc(C(=O)N=c2sc3cc(C)ccc3n2CCOC)cc1. The van der Waals surface area contributed by atoms with Crippen molar-refractivity contribution in [2.24, 2.45) is 4.99 Å². The molecular weight excluding hydrogens is 458 g/mol. The Morgan fingerprint density at radius 2 is 1.82 bits per heavy atom. The molecule has 0 aliphatic heterocycles. The van der Waals surface area contributed by atoms with E-state index >= 15 is 0 Å². The lowest BCUT2D eigenvalue weighted by atomic mass is 10.2. The van der Waals surface area contributed by atoms with Gasteiger partial charge in [-0.25, -0.2) is 8.42 Å². The smallest absolute Gasteiger partial charge is 0.279 e. The zero-order valence-corrected chi connectivity index (χ0v) is 20.4. The maximum absolute atomic E-state index is 12.9. The molecule has 0 radical (unpaired) electrons. The Kier molecular flexibility index (Phi) is 8.15. The number of aryl methyl sites for hydroxylation is 1. The molecular formula is C24H27N3O4S2. The average Bonchev–Trinajstić information content (AvgIpc) is 3.13. The molecule has 0 N–H and O–H groups in total. The van der Waals surface area contributed by atoms with E-state index in [-0.39, 0.29) is 18.0 Å². The van der Waals surface area contributed by atoms with E-state index in [4.69, 9.17) is 4.74 Å². The summed E-state index contributed by atoms with van der Waals surface area (Å²) in [6.07, 6.45) is 3.03. The molecule has 9 heteroatoms. The predicted molar refractivity (Wildman–Crippen MR) is 132 cm³/mol. The zero-order chi connectivity index (χ0) is 24.0. The highest BCUT2D eigenvalue weighted by Crippen LogP contribution is 2.20. The predicted octanol–water partition coefficient (Wildman–Crippen LogP) is 3.76. The van der Waals surface area contributed by atoms with Crippen LogP contribution < -0.4 is 4.80 Å². The summed E-state index contributed by atoms with van der Waals surface area (Å²) in [6, 6.07) is 11.9. The third kappa shape index (κ3) is 5.56. The van der Waals surface area contributed by atoms with Crippen LogP contribution in [0.2, 0.25) is 0 Å². The Balaban J connectivity index is 1.96. The van der Waals surface area contributed by atoms with Gasteiger partial charge >= 0.3 is 0 Å². The van der Waals surface area contributed by atoms with Crippen molar-refractivity contribution in [1.82, 2.24) is 8.87 Å². The molecule has 7 nitrogen and oxygen atoms in total. The summed E-state index contributed by atoms with van der Waals surface area (Å²) in [6.45, 7) is 10.6. The maximum atomic E-state index is 12.9. The van der Waals surface area contributed by atoms with Gasteiger partial charge in [-0.15, -0.1) is 13.2 Å². The molecule has 3 rings (SSSR count). The molecule has 3 aromatic rings. The second-order valence-corrected chi connectivity index (χ2v) is 10.3. The molecule has 0 aliphatic rings. The van der Waals surface area contributed by atoms with Crippen LogP contribution >= 0.6 is 11.3 Å². The van der Waals surface area contributed by atoms with Gasteiger partial charge in [-0.3, -0.25) is 4.79 Å². The van der Waals surface area contributed by atoms with Crippen LogP contribution in [0.15, 0.2) is 77.7 Å². The molecule has 0 unspecified atom stereocenters. The van der Waals surface area contributed by atoms with E-state index in [9.17, 15) is 13.2 Å². The van der Waals surface area contributed by atoms with Gasteiger partial charge in [0.25, 0.3) is 5.91 Å². The lowest BCUT2D eigenvalue weighted by Gasteiger charge is -2.19. The molecule has 2 aromatic carbocycles. The quantitative estimate of drug-likeness (QED) is 0.410. The first-order valence-electron chi connectivity index (χ1n) is 10.3. The van der Waals surface area contributed by atoms with Gasteiger partial charge in [0.05, 0.1) is 21.7 Å². The molecule has 0 saturated carbocycles. The number of sulfonamides is 1. The van der Waals surface area contributed by atoms with Crippen LogP contribution in [0.1, 0.15) is 15.9 Å². The highest BCUT2D eigenvalue weighted by Gasteiger charge is 2.22. The van der Waals surface area contributed by atoms with Crippen LogP contribution in [0.3, 0.4) is 0 Å². The van der Waals surface area contributed by atoms with Crippen molar-refractivity contribution in [1.29, 1.82) is 0 Å². The van der Waals surface area contributed by atoms with Crippen LogP contribution in [0.4, 0.5) is 0 Å². The summed E-state index contributed by atoms with van der Waals surface area (Å²) < 4.78 is 35.2. The summed E-state index contributed by atoms with van der Waals surface area (Å²) >= 11 is 1.43. The molecule has 33 heavy (non-hydrogen) atoms. The molecule has 1 amide bonds. The van der Waals surface area contributed by atoms with Crippen molar-refractivity contribution in [2.75, 3.05) is 26.8 Å². The Morgan fingerprint density at radius 3 is 2.42 bits per heavy atom. The number of benzene rings is 2. The minimum atomic E-state index is -3.73. The minimum Gasteiger partial charge on any atom is -0.383 e. The van der Waals surface area contributed by atoms with Crippen molar-refractivity contribution in [3.05, 3.63) is 83.7 Å². The summed E-state index contributed by atoms with van der Waals surface area (Å²) in [4.78, 5) is 17.9.